The Kier molecular flexibility index (Phi) is 3.83. The van der Waals surface area contributed by atoms with Crippen LogP contribution >= 0.6 is 0 Å². The molecule has 1 aliphatic heterocycles. The number of esters is 1. The third kappa shape index (κ3) is 3.18. The zero-order valence-corrected chi connectivity index (χ0v) is 12.3. The number of rotatable bonds is 2. The lowest BCUT2D eigenvalue weighted by Crippen LogP contribution is -2.43. The molecule has 1 atom stereocenters. The van der Waals surface area contributed by atoms with Gasteiger partial charge in [-0.1, -0.05) is 5.16 Å². The SMILES string of the molecule is Cc1cc(C(=O)N2CCC[C@@H]2C(=O)OC(C)(C)C)on1. The molecule has 0 radical (unpaired) electrons. The Balaban J connectivity index is 2.11. The van der Waals surface area contributed by atoms with Crippen molar-refractivity contribution in [2.45, 2.75) is 52.2 Å². The molecule has 1 fully saturated rings. The molecule has 2 heterocycles. The summed E-state index contributed by atoms with van der Waals surface area (Å²) >= 11 is 0. The van der Waals surface area contributed by atoms with Crippen molar-refractivity contribution in [1.82, 2.24) is 10.1 Å². The second-order valence-electron chi connectivity index (χ2n) is 6.02. The number of aromatic nitrogens is 1. The van der Waals surface area contributed by atoms with E-state index in [9.17, 15) is 9.59 Å². The van der Waals surface area contributed by atoms with Gasteiger partial charge in [-0.15, -0.1) is 0 Å². The minimum atomic E-state index is -0.558. The van der Waals surface area contributed by atoms with Crippen molar-refractivity contribution in [1.29, 1.82) is 0 Å². The molecule has 2 rings (SSSR count). The van der Waals surface area contributed by atoms with E-state index in [1.165, 1.54) is 4.90 Å². The van der Waals surface area contributed by atoms with Crippen LogP contribution in [0.2, 0.25) is 0 Å². The van der Waals surface area contributed by atoms with Gasteiger partial charge in [0.1, 0.15) is 11.6 Å². The van der Waals surface area contributed by atoms with Gasteiger partial charge in [0, 0.05) is 12.6 Å². The van der Waals surface area contributed by atoms with Crippen LogP contribution in [-0.2, 0) is 9.53 Å². The van der Waals surface area contributed by atoms with Gasteiger partial charge in [-0.25, -0.2) is 4.79 Å². The molecule has 110 valence electrons. The second kappa shape index (κ2) is 5.26. The first-order valence-corrected chi connectivity index (χ1v) is 6.75. The normalized spacial score (nSPS) is 19.2. The average Bonchev–Trinajstić information content (AvgIpc) is 2.93. The number of carbonyl (C=O) groups is 2. The Labute approximate surface area is 118 Å². The fourth-order valence-corrected chi connectivity index (χ4v) is 2.23. The first-order chi connectivity index (χ1) is 9.28. The van der Waals surface area contributed by atoms with Crippen LogP contribution in [0.4, 0.5) is 0 Å². The number of amides is 1. The summed E-state index contributed by atoms with van der Waals surface area (Å²) in [6.45, 7) is 7.71. The summed E-state index contributed by atoms with van der Waals surface area (Å²) < 4.78 is 10.3. The number of hydrogen-bond donors (Lipinski definition) is 0. The fourth-order valence-electron chi connectivity index (χ4n) is 2.23. The fraction of sp³-hybridized carbons (Fsp3) is 0.643. The lowest BCUT2D eigenvalue weighted by Gasteiger charge is -2.26. The highest BCUT2D eigenvalue weighted by Gasteiger charge is 2.38. The Morgan fingerprint density at radius 1 is 1.45 bits per heavy atom. The van der Waals surface area contributed by atoms with Gasteiger partial charge in [0.2, 0.25) is 5.76 Å². The molecule has 6 nitrogen and oxygen atoms in total. The van der Waals surface area contributed by atoms with Gasteiger partial charge >= 0.3 is 5.97 Å². The summed E-state index contributed by atoms with van der Waals surface area (Å²) in [7, 11) is 0. The maximum atomic E-state index is 12.3. The third-order valence-corrected chi connectivity index (χ3v) is 3.03. The van der Waals surface area contributed by atoms with E-state index in [1.807, 2.05) is 20.8 Å². The molecule has 1 aromatic rings. The van der Waals surface area contributed by atoms with Gasteiger partial charge in [-0.05, 0) is 40.5 Å². The topological polar surface area (TPSA) is 72.6 Å². The molecule has 1 saturated heterocycles. The van der Waals surface area contributed by atoms with Gasteiger partial charge in [0.15, 0.2) is 0 Å². The summed E-state index contributed by atoms with van der Waals surface area (Å²) in [5, 5.41) is 3.70. The second-order valence-corrected chi connectivity index (χ2v) is 6.02. The average molecular weight is 280 g/mol. The quantitative estimate of drug-likeness (QED) is 0.774. The number of aryl methyl sites for hydroxylation is 1. The largest absolute Gasteiger partial charge is 0.458 e. The van der Waals surface area contributed by atoms with Crippen molar-refractivity contribution in [2.24, 2.45) is 0 Å². The van der Waals surface area contributed by atoms with E-state index in [2.05, 4.69) is 5.16 Å². The summed E-state index contributed by atoms with van der Waals surface area (Å²) in [4.78, 5) is 26.0. The number of hydrogen-bond acceptors (Lipinski definition) is 5. The first kappa shape index (κ1) is 14.6. The van der Waals surface area contributed by atoms with E-state index >= 15 is 0 Å². The Hall–Kier alpha value is -1.85. The number of ether oxygens (including phenoxy) is 1. The standard InChI is InChI=1S/C14H20N2O4/c1-9-8-11(20-15-9)12(17)16-7-5-6-10(16)13(18)19-14(2,3)4/h8,10H,5-7H2,1-4H3/t10-/m1/s1. The maximum Gasteiger partial charge on any atom is 0.329 e. The molecule has 0 saturated carbocycles. The predicted octanol–water partition coefficient (Wildman–Crippen LogP) is 1.93. The van der Waals surface area contributed by atoms with Gasteiger partial charge in [-0.3, -0.25) is 4.79 Å². The first-order valence-electron chi connectivity index (χ1n) is 6.75. The van der Waals surface area contributed by atoms with E-state index < -0.39 is 11.6 Å². The van der Waals surface area contributed by atoms with Crippen LogP contribution in [0.1, 0.15) is 49.9 Å². The minimum absolute atomic E-state index is 0.165. The van der Waals surface area contributed by atoms with E-state index in [0.29, 0.717) is 18.7 Å². The smallest absolute Gasteiger partial charge is 0.329 e. The molecule has 6 heteroatoms. The van der Waals surface area contributed by atoms with Crippen LogP contribution in [0.5, 0.6) is 0 Å². The highest BCUT2D eigenvalue weighted by molar-refractivity contribution is 5.95. The van der Waals surface area contributed by atoms with Crippen LogP contribution in [0.25, 0.3) is 0 Å². The summed E-state index contributed by atoms with van der Waals surface area (Å²) in [6, 6.07) is 1.04. The van der Waals surface area contributed by atoms with Crippen LogP contribution in [0, 0.1) is 6.92 Å². The van der Waals surface area contributed by atoms with Gasteiger partial charge in [-0.2, -0.15) is 0 Å². The summed E-state index contributed by atoms with van der Waals surface area (Å²) in [5.41, 5.74) is 0.0818. The molecule has 0 N–H and O–H groups in total. The van der Waals surface area contributed by atoms with E-state index in [-0.39, 0.29) is 17.6 Å². The maximum absolute atomic E-state index is 12.3. The molecule has 0 aliphatic carbocycles. The number of carbonyl (C=O) groups excluding carboxylic acids is 2. The molecule has 0 bridgehead atoms. The molecular weight excluding hydrogens is 260 g/mol. The van der Waals surface area contributed by atoms with E-state index in [0.717, 1.165) is 6.42 Å². The third-order valence-electron chi connectivity index (χ3n) is 3.03. The van der Waals surface area contributed by atoms with Crippen LogP contribution in [-0.4, -0.2) is 40.1 Å². The predicted molar refractivity (Wildman–Crippen MR) is 71.1 cm³/mol. The molecule has 1 aliphatic rings. The van der Waals surface area contributed by atoms with Crippen LogP contribution in [0.3, 0.4) is 0 Å². The number of nitrogens with zero attached hydrogens (tertiary/aromatic N) is 2. The van der Waals surface area contributed by atoms with Crippen LogP contribution in [0.15, 0.2) is 10.6 Å². The molecule has 0 spiro atoms. The molecule has 0 unspecified atom stereocenters. The van der Waals surface area contributed by atoms with E-state index in [4.69, 9.17) is 9.26 Å². The Morgan fingerprint density at radius 3 is 2.70 bits per heavy atom. The van der Waals surface area contributed by atoms with Crippen molar-refractivity contribution in [3.63, 3.8) is 0 Å². The van der Waals surface area contributed by atoms with Crippen molar-refractivity contribution < 1.29 is 18.8 Å². The summed E-state index contributed by atoms with van der Waals surface area (Å²) in [6.07, 6.45) is 1.40. The number of likely N-dealkylation sites (tertiary alicyclic amines) is 1. The molecule has 0 aromatic carbocycles. The molecule has 20 heavy (non-hydrogen) atoms. The van der Waals surface area contributed by atoms with Gasteiger partial charge in [0.25, 0.3) is 5.91 Å². The molecular formula is C14H20N2O4. The minimum Gasteiger partial charge on any atom is -0.458 e. The van der Waals surface area contributed by atoms with Crippen molar-refractivity contribution in [2.75, 3.05) is 6.54 Å². The van der Waals surface area contributed by atoms with Gasteiger partial charge < -0.3 is 14.2 Å². The lowest BCUT2D eigenvalue weighted by atomic mass is 10.1. The highest BCUT2D eigenvalue weighted by Crippen LogP contribution is 2.23. The van der Waals surface area contributed by atoms with Crippen molar-refractivity contribution in [3.05, 3.63) is 17.5 Å². The van der Waals surface area contributed by atoms with Gasteiger partial charge in [0.05, 0.1) is 5.69 Å². The highest BCUT2D eigenvalue weighted by atomic mass is 16.6. The Morgan fingerprint density at radius 2 is 2.15 bits per heavy atom. The van der Waals surface area contributed by atoms with E-state index in [1.54, 1.807) is 13.0 Å². The Bertz CT molecular complexity index is 515. The van der Waals surface area contributed by atoms with Crippen molar-refractivity contribution in [3.8, 4) is 0 Å². The zero-order chi connectivity index (χ0) is 14.9. The lowest BCUT2D eigenvalue weighted by molar-refractivity contribution is -0.159. The molecule has 1 amide bonds. The van der Waals surface area contributed by atoms with Crippen molar-refractivity contribution >= 4 is 11.9 Å². The summed E-state index contributed by atoms with van der Waals surface area (Å²) in [5.74, 6) is -0.503. The monoisotopic (exact) mass is 280 g/mol. The zero-order valence-electron chi connectivity index (χ0n) is 12.3. The molecule has 1 aromatic heterocycles. The van der Waals surface area contributed by atoms with Crippen LogP contribution < -0.4 is 0 Å².